The lowest BCUT2D eigenvalue weighted by Crippen LogP contribution is -2.17. The van der Waals surface area contributed by atoms with Gasteiger partial charge >= 0.3 is 0 Å². The Balaban J connectivity index is 2.17. The molecule has 4 N–H and O–H groups in total. The van der Waals surface area contributed by atoms with E-state index >= 15 is 0 Å². The molecule has 7 heteroatoms. The number of allylic oxidation sites excluding steroid dienone is 1. The van der Waals surface area contributed by atoms with E-state index in [1.54, 1.807) is 60.7 Å². The number of aliphatic hydroxyl groups excluding tert-OH is 1. The van der Waals surface area contributed by atoms with Crippen molar-refractivity contribution in [3.8, 4) is 0 Å². The molecule has 3 aromatic rings. The summed E-state index contributed by atoms with van der Waals surface area (Å²) in [6.07, 6.45) is 0. The number of carbonyl (C=O) groups is 1. The predicted molar refractivity (Wildman–Crippen MR) is 92.3 cm³/mol. The lowest BCUT2D eigenvalue weighted by molar-refractivity contribution is 0.103. The zero-order valence-corrected chi connectivity index (χ0v) is 13.0. The molecule has 2 aromatic carbocycles. The van der Waals surface area contributed by atoms with Crippen LogP contribution >= 0.6 is 0 Å². The first-order valence-electron chi connectivity index (χ1n) is 7.35. The summed E-state index contributed by atoms with van der Waals surface area (Å²) in [4.78, 5) is 12.9. The Morgan fingerprint density at radius 3 is 2.04 bits per heavy atom. The molecule has 124 valence electrons. The van der Waals surface area contributed by atoms with Gasteiger partial charge in [0.25, 0.3) is 0 Å². The van der Waals surface area contributed by atoms with Gasteiger partial charge < -0.3 is 10.8 Å². The standard InChI is InChI=1S/C18H14N4O3/c19-14(15-18(20)22-25-21-15)13(16(23)11-7-3-1-4-8-11)17(24)12-9-5-2-6-10-12/h1-10,19,23H,(H2,20,22)/b16-13+,19-14?. The van der Waals surface area contributed by atoms with Crippen molar-refractivity contribution in [2.45, 2.75) is 0 Å². The van der Waals surface area contributed by atoms with Gasteiger partial charge in [-0.25, -0.2) is 4.63 Å². The molecule has 1 heterocycles. The van der Waals surface area contributed by atoms with Gasteiger partial charge in [-0.15, -0.1) is 0 Å². The molecule has 0 aliphatic carbocycles. The van der Waals surface area contributed by atoms with Crippen LogP contribution in [0, 0.1) is 5.41 Å². The number of aliphatic hydroxyl groups is 1. The Hall–Kier alpha value is -3.74. The maximum Gasteiger partial charge on any atom is 0.199 e. The molecule has 0 unspecified atom stereocenters. The van der Waals surface area contributed by atoms with E-state index in [4.69, 9.17) is 11.1 Å². The average molecular weight is 334 g/mol. The molecule has 0 saturated heterocycles. The average Bonchev–Trinajstić information content (AvgIpc) is 3.09. The molecule has 3 rings (SSSR count). The number of nitrogens with zero attached hydrogens (tertiary/aromatic N) is 2. The molecule has 0 saturated carbocycles. The summed E-state index contributed by atoms with van der Waals surface area (Å²) in [6.45, 7) is 0. The number of benzene rings is 2. The Labute approximate surface area is 142 Å². The third-order valence-corrected chi connectivity index (χ3v) is 3.55. The first-order chi connectivity index (χ1) is 12.1. The number of Topliss-reactive ketones (excluding diaryl/α,β-unsaturated/α-hetero) is 1. The molecule has 0 aliphatic rings. The summed E-state index contributed by atoms with van der Waals surface area (Å²) in [7, 11) is 0. The van der Waals surface area contributed by atoms with Gasteiger partial charge in [0.2, 0.25) is 0 Å². The molecule has 25 heavy (non-hydrogen) atoms. The van der Waals surface area contributed by atoms with E-state index in [0.29, 0.717) is 11.1 Å². The van der Waals surface area contributed by atoms with Gasteiger partial charge in [0.1, 0.15) is 11.5 Å². The van der Waals surface area contributed by atoms with E-state index in [2.05, 4.69) is 14.9 Å². The van der Waals surface area contributed by atoms with Crippen LogP contribution in [-0.2, 0) is 0 Å². The smallest absolute Gasteiger partial charge is 0.199 e. The minimum absolute atomic E-state index is 0.109. The van der Waals surface area contributed by atoms with Crippen LogP contribution < -0.4 is 5.73 Å². The molecule has 0 bridgehead atoms. The minimum Gasteiger partial charge on any atom is -0.506 e. The maximum absolute atomic E-state index is 12.9. The first-order valence-corrected chi connectivity index (χ1v) is 7.35. The lowest BCUT2D eigenvalue weighted by Gasteiger charge is -2.10. The van der Waals surface area contributed by atoms with Gasteiger partial charge in [-0.2, -0.15) is 0 Å². The van der Waals surface area contributed by atoms with Gasteiger partial charge in [-0.05, 0) is 10.3 Å². The van der Waals surface area contributed by atoms with Crippen molar-refractivity contribution in [1.29, 1.82) is 5.41 Å². The van der Waals surface area contributed by atoms with Crippen LogP contribution in [0.1, 0.15) is 21.6 Å². The van der Waals surface area contributed by atoms with Crippen molar-refractivity contribution in [3.63, 3.8) is 0 Å². The van der Waals surface area contributed by atoms with Gasteiger partial charge in [-0.1, -0.05) is 60.7 Å². The topological polar surface area (TPSA) is 126 Å². The molecular formula is C18H14N4O3. The summed E-state index contributed by atoms with van der Waals surface area (Å²) in [5, 5.41) is 26.0. The quantitative estimate of drug-likeness (QED) is 0.285. The second kappa shape index (κ2) is 6.79. The number of nitrogens with two attached hydrogens (primary N) is 1. The number of hydrogen-bond donors (Lipinski definition) is 3. The number of aromatic nitrogens is 2. The molecular weight excluding hydrogens is 320 g/mol. The van der Waals surface area contributed by atoms with Gasteiger partial charge in [-0.3, -0.25) is 10.2 Å². The molecule has 0 radical (unpaired) electrons. The Morgan fingerprint density at radius 1 is 0.960 bits per heavy atom. The predicted octanol–water partition coefficient (Wildman–Crippen LogP) is 2.87. The lowest BCUT2D eigenvalue weighted by atomic mass is 9.94. The Morgan fingerprint density at radius 2 is 1.52 bits per heavy atom. The van der Waals surface area contributed by atoms with Crippen LogP contribution in [0.5, 0.6) is 0 Å². The van der Waals surface area contributed by atoms with Gasteiger partial charge in [0.05, 0.1) is 5.57 Å². The molecule has 7 nitrogen and oxygen atoms in total. The minimum atomic E-state index is -0.533. The second-order valence-electron chi connectivity index (χ2n) is 5.16. The Bertz CT molecular complexity index is 947. The highest BCUT2D eigenvalue weighted by atomic mass is 16.6. The van der Waals surface area contributed by atoms with Crippen molar-refractivity contribution < 1.29 is 14.5 Å². The normalized spacial score (nSPS) is 11.7. The molecule has 0 fully saturated rings. The fraction of sp³-hybridized carbons (Fsp3) is 0. The third-order valence-electron chi connectivity index (χ3n) is 3.55. The van der Waals surface area contributed by atoms with Crippen LogP contribution in [-0.4, -0.2) is 26.9 Å². The maximum atomic E-state index is 12.9. The zero-order valence-electron chi connectivity index (χ0n) is 13.0. The highest BCUT2D eigenvalue weighted by molar-refractivity contribution is 6.35. The van der Waals surface area contributed by atoms with Crippen LogP contribution in [0.15, 0.2) is 70.9 Å². The van der Waals surface area contributed by atoms with Crippen LogP contribution in [0.2, 0.25) is 0 Å². The van der Waals surface area contributed by atoms with Crippen molar-refractivity contribution in [3.05, 3.63) is 83.1 Å². The number of carbonyl (C=O) groups excluding carboxylic acids is 1. The first kappa shape index (κ1) is 16.1. The monoisotopic (exact) mass is 334 g/mol. The number of ketones is 1. The van der Waals surface area contributed by atoms with E-state index in [1.165, 1.54) is 0 Å². The van der Waals surface area contributed by atoms with Gasteiger partial charge in [0.15, 0.2) is 17.3 Å². The second-order valence-corrected chi connectivity index (χ2v) is 5.16. The number of anilines is 1. The summed E-state index contributed by atoms with van der Waals surface area (Å²) >= 11 is 0. The summed E-state index contributed by atoms with van der Waals surface area (Å²) < 4.78 is 4.51. The van der Waals surface area contributed by atoms with Crippen LogP contribution in [0.4, 0.5) is 5.82 Å². The summed E-state index contributed by atoms with van der Waals surface area (Å²) in [5.41, 5.74) is 5.63. The SMILES string of the molecule is N=C(/C(C(=O)c1ccccc1)=C(\O)c1ccccc1)c1nonc1N. The van der Waals surface area contributed by atoms with Crippen molar-refractivity contribution in [2.75, 3.05) is 5.73 Å². The fourth-order valence-electron chi connectivity index (χ4n) is 2.30. The number of nitrogens with one attached hydrogen (secondary N) is 1. The number of hydrogen-bond acceptors (Lipinski definition) is 7. The molecule has 0 aliphatic heterocycles. The third kappa shape index (κ3) is 3.16. The summed E-state index contributed by atoms with van der Waals surface area (Å²) in [5.74, 6) is -1.01. The fourth-order valence-corrected chi connectivity index (χ4v) is 2.30. The van der Waals surface area contributed by atoms with E-state index < -0.39 is 5.78 Å². The van der Waals surface area contributed by atoms with Crippen molar-refractivity contribution in [2.24, 2.45) is 0 Å². The molecule has 0 spiro atoms. The summed E-state index contributed by atoms with van der Waals surface area (Å²) in [6, 6.07) is 16.8. The van der Waals surface area contributed by atoms with Crippen molar-refractivity contribution in [1.82, 2.24) is 10.3 Å². The van der Waals surface area contributed by atoms with E-state index in [0.717, 1.165) is 0 Å². The van der Waals surface area contributed by atoms with Crippen LogP contribution in [0.25, 0.3) is 5.76 Å². The van der Waals surface area contributed by atoms with Crippen LogP contribution in [0.3, 0.4) is 0 Å². The number of rotatable bonds is 5. The number of nitrogen functional groups attached to an aromatic ring is 1. The van der Waals surface area contributed by atoms with E-state index in [9.17, 15) is 9.90 Å². The molecule has 1 aromatic heterocycles. The highest BCUT2D eigenvalue weighted by Gasteiger charge is 2.27. The van der Waals surface area contributed by atoms with E-state index in [-0.39, 0.29) is 28.6 Å². The highest BCUT2D eigenvalue weighted by Crippen LogP contribution is 2.24. The largest absolute Gasteiger partial charge is 0.506 e. The van der Waals surface area contributed by atoms with Crippen molar-refractivity contribution >= 4 is 23.1 Å². The van der Waals surface area contributed by atoms with Gasteiger partial charge in [0, 0.05) is 11.1 Å². The zero-order chi connectivity index (χ0) is 17.8. The van der Waals surface area contributed by atoms with E-state index in [1.807, 2.05) is 0 Å². The molecule has 0 amide bonds. The Kier molecular flexibility index (Phi) is 4.38. The molecule has 0 atom stereocenters.